The van der Waals surface area contributed by atoms with Crippen LogP contribution in [0.2, 0.25) is 0 Å². The Morgan fingerprint density at radius 3 is 1.56 bits per heavy atom. The number of rotatable bonds is 9. The predicted octanol–water partition coefficient (Wildman–Crippen LogP) is 15.4. The minimum Gasteiger partial charge on any atom is -0.366 e. The monoisotopic (exact) mass is 1020 g/mol. The van der Waals surface area contributed by atoms with Gasteiger partial charge in [-0.2, -0.15) is 0 Å². The molecule has 0 N–H and O–H groups in total. The lowest BCUT2D eigenvalue weighted by Crippen LogP contribution is -2.52. The van der Waals surface area contributed by atoms with Gasteiger partial charge in [-0.05, 0) is 255 Å². The van der Waals surface area contributed by atoms with E-state index >= 15 is 0 Å². The Labute approximate surface area is 427 Å². The second kappa shape index (κ2) is 13.6. The average molecular weight is 1020 g/mol. The van der Waals surface area contributed by atoms with Gasteiger partial charge in [-0.3, -0.25) is 0 Å². The van der Waals surface area contributed by atoms with E-state index in [1.165, 1.54) is 88.2 Å². The predicted molar refractivity (Wildman–Crippen MR) is 286 cm³/mol. The first kappa shape index (κ1) is 42.7. The number of benzene rings is 5. The van der Waals surface area contributed by atoms with Gasteiger partial charge in [0.2, 0.25) is 0 Å². The van der Waals surface area contributed by atoms with Gasteiger partial charge < -0.3 is 4.90 Å². The summed E-state index contributed by atoms with van der Waals surface area (Å²) in [6, 6.07) is 22.2. The Hall–Kier alpha value is -3.62. The molecule has 13 aliphatic rings. The molecule has 0 spiro atoms. The highest BCUT2D eigenvalue weighted by molar-refractivity contribution is 8.29. The molecule has 18 rings (SSSR count). The van der Waals surface area contributed by atoms with Gasteiger partial charge in [-0.1, -0.05) is 74.0 Å². The summed E-state index contributed by atoms with van der Waals surface area (Å²) >= 11 is 0. The first-order valence-electron chi connectivity index (χ1n) is 27.7. The fraction of sp³-hybridized carbons (Fsp3) is 0.516. The summed E-state index contributed by atoms with van der Waals surface area (Å²) in [5.74, 6) is 9.46. The zero-order chi connectivity index (χ0) is 47.8. The number of piperidine rings is 1. The fourth-order valence-corrected chi connectivity index (χ4v) is 23.1. The van der Waals surface area contributed by atoms with Crippen molar-refractivity contribution in [3.05, 3.63) is 138 Å². The molecule has 2 heterocycles. The molecular weight excluding hydrogens is 958 g/mol. The molecule has 5 aromatic carbocycles. The van der Waals surface area contributed by atoms with E-state index in [1.807, 2.05) is 99.6 Å². The molecule has 11 aliphatic carbocycles. The van der Waals surface area contributed by atoms with E-state index in [0.29, 0.717) is 29.7 Å². The van der Waals surface area contributed by atoms with Gasteiger partial charge >= 0.3 is 0 Å². The highest BCUT2D eigenvalue weighted by Crippen LogP contribution is 2.81. The number of hydrogen-bond donors (Lipinski definition) is 0. The third kappa shape index (κ3) is 4.80. The normalized spacial score (nSPS) is 33.9. The third-order valence-electron chi connectivity index (χ3n) is 22.9. The lowest BCUT2D eigenvalue weighted by atomic mass is 9.56. The van der Waals surface area contributed by atoms with Crippen molar-refractivity contribution in [1.29, 1.82) is 0 Å². The first-order valence-corrected chi connectivity index (χ1v) is 32.3. The Morgan fingerprint density at radius 1 is 0.549 bits per heavy atom. The molecule has 0 amide bonds. The van der Waals surface area contributed by atoms with Crippen molar-refractivity contribution in [3.63, 3.8) is 0 Å². The zero-order valence-corrected chi connectivity index (χ0v) is 44.3. The van der Waals surface area contributed by atoms with Crippen LogP contribution in [0.5, 0.6) is 0 Å². The number of hydrogen-bond acceptors (Lipinski definition) is 5. The summed E-state index contributed by atoms with van der Waals surface area (Å²) in [6.45, 7) is 7.79. The Morgan fingerprint density at radius 2 is 1.03 bits per heavy atom. The highest BCUT2D eigenvalue weighted by Gasteiger charge is 2.67. The third-order valence-corrected chi connectivity index (χ3v) is 29.4. The Bertz CT molecular complexity index is 3650. The van der Waals surface area contributed by atoms with E-state index in [2.05, 4.69) is 73.3 Å². The van der Waals surface area contributed by atoms with E-state index in [9.17, 15) is 16.8 Å². The van der Waals surface area contributed by atoms with E-state index in [4.69, 9.17) is 21.4 Å². The van der Waals surface area contributed by atoms with Crippen molar-refractivity contribution in [2.45, 2.75) is 175 Å². The lowest BCUT2D eigenvalue weighted by molar-refractivity contribution is 0.114. The van der Waals surface area contributed by atoms with E-state index < -0.39 is 22.2 Å². The van der Waals surface area contributed by atoms with Crippen LogP contribution < -0.4 is 0 Å². The maximum Gasteiger partial charge on any atom is 0.253 e. The van der Waals surface area contributed by atoms with Gasteiger partial charge in [0.1, 0.15) is 0 Å². The minimum atomic E-state index is -4.21. The van der Waals surface area contributed by atoms with Crippen molar-refractivity contribution in [1.82, 2.24) is 4.90 Å². The van der Waals surface area contributed by atoms with Crippen molar-refractivity contribution in [2.75, 3.05) is 0 Å². The Kier molecular flexibility index (Phi) is 8.19. The molecule has 1 saturated heterocycles. The number of allylic oxidation sites excluding steroid dienone is 3. The lowest BCUT2D eigenvalue weighted by Gasteiger charge is -2.57. The van der Waals surface area contributed by atoms with Crippen molar-refractivity contribution in [3.8, 4) is 0 Å². The molecule has 2 bridgehead atoms. The second-order valence-corrected chi connectivity index (χ2v) is 31.9. The summed E-state index contributed by atoms with van der Waals surface area (Å²) in [4.78, 5) is 3.18. The smallest absolute Gasteiger partial charge is 0.253 e. The summed E-state index contributed by atoms with van der Waals surface area (Å²) in [5.41, 5.74) is 31.9. The molecule has 0 aromatic heterocycles. The van der Waals surface area contributed by atoms with Crippen LogP contribution in [0.4, 0.5) is 0 Å². The van der Waals surface area contributed by atoms with Crippen molar-refractivity contribution < 1.29 is 16.8 Å². The average Bonchev–Trinajstić information content (AvgIpc) is 4.16. The standard InChI is InChI=1S/C59H55N.C3H6Cl2O4S2/c1-3-27(29-7-5-4-6-8-29)23-25(2)28-11-9-26(10-12-28)24-60-39-22-21-37-36-18-17-33-32-14-13-30-31-15-16-34-35-19-20-38(39)47-46(35)51-43(34)42(31)49-40(30)41(32)50-44(33)45(36)52-48(37)59(60)58(47)57-55(51)53(49)54(50)56(52)57;1-3(2,10(4,6)7)11(5,8)9/h4-12,25,27,30-39,57-58H,3,13-24H2,1-2H3;1-2H3. The molecule has 5 aromatic rings. The molecular formula is C62H61Cl2NO4S2. The summed E-state index contributed by atoms with van der Waals surface area (Å²) in [5, 5.41) is 7.56. The van der Waals surface area contributed by atoms with Crippen LogP contribution in [-0.4, -0.2) is 31.9 Å². The van der Waals surface area contributed by atoms with Gasteiger partial charge in [0.25, 0.3) is 18.1 Å². The molecule has 364 valence electrons. The SMILES string of the molecule is CC(C)(S(=O)(=O)Cl)S(=O)(=O)Cl.CCC(CC(C)c1ccc(CN2C3=C4c5c6c7c8c9c%10c%11c%12c%13c%14c%15c%11c8c5C%15C3C3=C%14C5CCC3C2CCC4C6CCC7C9CCC%10C%12CCC%135)cc1)c1ccccc1. The largest absolute Gasteiger partial charge is 0.366 e. The van der Waals surface area contributed by atoms with Crippen LogP contribution in [0.1, 0.15) is 230 Å². The molecule has 2 aliphatic heterocycles. The van der Waals surface area contributed by atoms with E-state index in [0.717, 1.165) is 73.7 Å². The fourth-order valence-electron chi connectivity index (χ4n) is 20.4. The topological polar surface area (TPSA) is 71.5 Å². The molecule has 14 unspecified atom stereocenters. The van der Waals surface area contributed by atoms with Crippen LogP contribution in [-0.2, 0) is 24.6 Å². The number of nitrogens with zero attached hydrogens (tertiary/aromatic N) is 1. The molecule has 0 saturated carbocycles. The molecule has 0 radical (unpaired) electrons. The first-order chi connectivity index (χ1) is 34.2. The van der Waals surface area contributed by atoms with Crippen LogP contribution in [0, 0.1) is 23.7 Å². The van der Waals surface area contributed by atoms with Gasteiger partial charge in [-0.15, -0.1) is 0 Å². The van der Waals surface area contributed by atoms with Crippen LogP contribution in [0.25, 0.3) is 32.7 Å². The van der Waals surface area contributed by atoms with Crippen LogP contribution in [0.15, 0.2) is 65.9 Å². The van der Waals surface area contributed by atoms with Crippen LogP contribution in [0.3, 0.4) is 0 Å². The van der Waals surface area contributed by atoms with E-state index in [1.54, 1.807) is 5.56 Å². The molecule has 1 fully saturated rings. The Balaban J connectivity index is 0.000000346. The van der Waals surface area contributed by atoms with Crippen molar-refractivity contribution in [2.24, 2.45) is 23.7 Å². The van der Waals surface area contributed by atoms with Gasteiger partial charge in [0.15, 0.2) is 4.08 Å². The quantitative estimate of drug-likeness (QED) is 0.109. The molecule has 71 heavy (non-hydrogen) atoms. The van der Waals surface area contributed by atoms with E-state index in [-0.39, 0.29) is 0 Å². The zero-order valence-electron chi connectivity index (χ0n) is 41.1. The highest BCUT2D eigenvalue weighted by atomic mass is 35.7. The molecule has 5 nitrogen and oxygen atoms in total. The van der Waals surface area contributed by atoms with Gasteiger partial charge in [-0.25, -0.2) is 16.8 Å². The summed E-state index contributed by atoms with van der Waals surface area (Å²) in [6.07, 6.45) is 16.9. The number of fused-ring (bicyclic) bond motifs is 6. The van der Waals surface area contributed by atoms with Gasteiger partial charge in [0.05, 0.1) is 0 Å². The second-order valence-electron chi connectivity index (χ2n) is 25.4. The molecule has 9 heteroatoms. The summed E-state index contributed by atoms with van der Waals surface area (Å²) < 4.78 is 40.3. The van der Waals surface area contributed by atoms with Gasteiger partial charge in [0, 0.05) is 57.4 Å². The van der Waals surface area contributed by atoms with Crippen molar-refractivity contribution >= 4 is 72.2 Å². The molecule has 14 atom stereocenters. The minimum absolute atomic E-state index is 0.558. The number of halogens is 2. The maximum absolute atomic E-state index is 10.6. The van der Waals surface area contributed by atoms with Crippen LogP contribution >= 0.6 is 21.4 Å². The maximum atomic E-state index is 10.6. The summed E-state index contributed by atoms with van der Waals surface area (Å²) in [7, 11) is 1.22.